The highest BCUT2D eigenvalue weighted by Crippen LogP contribution is 2.56. The minimum atomic E-state index is -0.0919. The normalized spacial score (nSPS) is 16.7. The number of anilines is 6. The van der Waals surface area contributed by atoms with Gasteiger partial charge in [0.05, 0.1) is 0 Å². The van der Waals surface area contributed by atoms with Crippen LogP contribution in [-0.2, 0) is 23.7 Å². The van der Waals surface area contributed by atoms with Crippen LogP contribution >= 0.6 is 0 Å². The van der Waals surface area contributed by atoms with Gasteiger partial charge in [-0.2, -0.15) is 0 Å². The second kappa shape index (κ2) is 13.5. The average Bonchev–Trinajstić information content (AvgIpc) is 3.91. The molecule has 2 heteroatoms. The molecule has 1 atom stereocenters. The molecule has 0 radical (unpaired) electrons. The van der Waals surface area contributed by atoms with Gasteiger partial charge in [0.2, 0.25) is 0 Å². The standard InChI is InChI=1S/C56H46N2/c1-55(2)51-21-13-12-20-49(51)50-31-30-48(38-54(50)55)58(45-26-22-40(23-27-45)39-14-6-3-7-15-39)47-29-25-42-33-35-56(53(42)37-47)34-32-41-24-28-46(36-52(41)56)57(43-16-8-4-9-17-43)44-18-10-5-11-19-44/h3-31,36-38H,32-35H2,1-2H3/t56-/m1/s1. The molecular formula is C56H46N2. The quantitative estimate of drug-likeness (QED) is 0.160. The Kier molecular flexibility index (Phi) is 8.05. The van der Waals surface area contributed by atoms with Crippen LogP contribution in [0.1, 0.15) is 60.1 Å². The monoisotopic (exact) mass is 746 g/mol. The van der Waals surface area contributed by atoms with Gasteiger partial charge in [0.1, 0.15) is 0 Å². The van der Waals surface area contributed by atoms with Crippen molar-refractivity contribution in [1.82, 2.24) is 0 Å². The lowest BCUT2D eigenvalue weighted by Crippen LogP contribution is -2.22. The lowest BCUT2D eigenvalue weighted by atomic mass is 9.76. The Morgan fingerprint density at radius 2 is 0.759 bits per heavy atom. The third-order valence-corrected chi connectivity index (χ3v) is 13.5. The minimum Gasteiger partial charge on any atom is -0.310 e. The van der Waals surface area contributed by atoms with Crippen LogP contribution in [-0.4, -0.2) is 0 Å². The summed E-state index contributed by atoms with van der Waals surface area (Å²) in [5.41, 5.74) is 20.9. The Bertz CT molecular complexity index is 2760. The first-order chi connectivity index (χ1) is 28.5. The molecule has 58 heavy (non-hydrogen) atoms. The van der Waals surface area contributed by atoms with Crippen LogP contribution < -0.4 is 9.80 Å². The van der Waals surface area contributed by atoms with Crippen molar-refractivity contribution in [2.75, 3.05) is 9.80 Å². The molecule has 0 aromatic heterocycles. The number of hydrogen-bond donors (Lipinski definition) is 0. The van der Waals surface area contributed by atoms with E-state index in [1.807, 2.05) is 0 Å². The number of hydrogen-bond acceptors (Lipinski definition) is 2. The Morgan fingerprint density at radius 3 is 1.34 bits per heavy atom. The molecule has 0 bridgehead atoms. The molecule has 2 nitrogen and oxygen atoms in total. The average molecular weight is 747 g/mol. The van der Waals surface area contributed by atoms with Gasteiger partial charge in [-0.05, 0) is 154 Å². The SMILES string of the molecule is CC1(C)c2ccccc2-c2ccc(N(c3ccc(-c4ccccc4)cc3)c3ccc4c(c3)[C@]3(CCc5ccc(N(c6ccccc6)c6ccccc6)cc53)CC4)cc21. The summed E-state index contributed by atoms with van der Waals surface area (Å²) in [7, 11) is 0. The minimum absolute atomic E-state index is 0.0276. The molecule has 8 aromatic rings. The van der Waals surface area contributed by atoms with Crippen LogP contribution in [0.2, 0.25) is 0 Å². The molecule has 0 amide bonds. The molecule has 0 saturated heterocycles. The number of rotatable bonds is 7. The highest BCUT2D eigenvalue weighted by molar-refractivity contribution is 5.86. The second-order valence-corrected chi connectivity index (χ2v) is 16.9. The summed E-state index contributed by atoms with van der Waals surface area (Å²) >= 11 is 0. The fourth-order valence-electron chi connectivity index (χ4n) is 10.6. The summed E-state index contributed by atoms with van der Waals surface area (Å²) in [6.45, 7) is 4.75. The molecule has 1 spiro atoms. The van der Waals surface area contributed by atoms with E-state index in [0.717, 1.165) is 31.4 Å². The Labute approximate surface area is 342 Å². The van der Waals surface area contributed by atoms with Gasteiger partial charge in [-0.25, -0.2) is 0 Å². The van der Waals surface area contributed by atoms with Crippen molar-refractivity contribution in [1.29, 1.82) is 0 Å². The molecule has 280 valence electrons. The third-order valence-electron chi connectivity index (χ3n) is 13.5. The van der Waals surface area contributed by atoms with Crippen molar-refractivity contribution in [2.45, 2.75) is 50.4 Å². The smallest absolute Gasteiger partial charge is 0.0465 e. The first kappa shape index (κ1) is 34.6. The topological polar surface area (TPSA) is 6.48 Å². The number of aryl methyl sites for hydroxylation is 2. The first-order valence-electron chi connectivity index (χ1n) is 20.9. The summed E-state index contributed by atoms with van der Waals surface area (Å²) in [4.78, 5) is 4.91. The molecule has 0 heterocycles. The van der Waals surface area contributed by atoms with Crippen LogP contribution in [0.15, 0.2) is 194 Å². The van der Waals surface area contributed by atoms with E-state index in [2.05, 4.69) is 218 Å². The lowest BCUT2D eigenvalue weighted by molar-refractivity contribution is 0.507. The van der Waals surface area contributed by atoms with Gasteiger partial charge >= 0.3 is 0 Å². The van der Waals surface area contributed by atoms with Crippen LogP contribution in [0.3, 0.4) is 0 Å². The summed E-state index contributed by atoms with van der Waals surface area (Å²) in [5, 5.41) is 0. The molecule has 3 aliphatic rings. The van der Waals surface area contributed by atoms with E-state index in [4.69, 9.17) is 0 Å². The van der Waals surface area contributed by atoms with Crippen LogP contribution in [0.4, 0.5) is 34.1 Å². The van der Waals surface area contributed by atoms with Crippen LogP contribution in [0.5, 0.6) is 0 Å². The largest absolute Gasteiger partial charge is 0.310 e. The number of benzene rings is 8. The highest BCUT2D eigenvalue weighted by Gasteiger charge is 2.45. The molecule has 3 aliphatic carbocycles. The van der Waals surface area contributed by atoms with Gasteiger partial charge in [0.15, 0.2) is 0 Å². The Balaban J connectivity index is 1.04. The van der Waals surface area contributed by atoms with Gasteiger partial charge in [0, 0.05) is 45.0 Å². The highest BCUT2D eigenvalue weighted by atomic mass is 15.1. The van der Waals surface area contributed by atoms with Crippen molar-refractivity contribution in [3.63, 3.8) is 0 Å². The van der Waals surface area contributed by atoms with E-state index < -0.39 is 0 Å². The van der Waals surface area contributed by atoms with Crippen LogP contribution in [0.25, 0.3) is 22.3 Å². The first-order valence-corrected chi connectivity index (χ1v) is 20.9. The Morgan fingerprint density at radius 1 is 0.345 bits per heavy atom. The van der Waals surface area contributed by atoms with Crippen molar-refractivity contribution in [3.8, 4) is 22.3 Å². The zero-order chi connectivity index (χ0) is 38.8. The maximum absolute atomic E-state index is 2.55. The summed E-state index contributed by atoms with van der Waals surface area (Å²) in [6, 6.07) is 72.2. The molecule has 0 saturated carbocycles. The van der Waals surface area contributed by atoms with Crippen LogP contribution in [0, 0.1) is 0 Å². The molecular weight excluding hydrogens is 701 g/mol. The number of nitrogens with zero attached hydrogens (tertiary/aromatic N) is 2. The molecule has 0 unspecified atom stereocenters. The van der Waals surface area contributed by atoms with Gasteiger partial charge in [0.25, 0.3) is 0 Å². The van der Waals surface area contributed by atoms with E-state index in [9.17, 15) is 0 Å². The predicted octanol–water partition coefficient (Wildman–Crippen LogP) is 14.8. The second-order valence-electron chi connectivity index (χ2n) is 16.9. The van der Waals surface area contributed by atoms with Gasteiger partial charge in [-0.3, -0.25) is 0 Å². The fourth-order valence-corrected chi connectivity index (χ4v) is 10.6. The molecule has 8 aromatic carbocycles. The van der Waals surface area contributed by atoms with Gasteiger partial charge in [-0.1, -0.05) is 135 Å². The van der Waals surface area contributed by atoms with Gasteiger partial charge < -0.3 is 9.80 Å². The van der Waals surface area contributed by atoms with E-state index in [1.54, 1.807) is 0 Å². The van der Waals surface area contributed by atoms with Crippen molar-refractivity contribution in [2.24, 2.45) is 0 Å². The maximum Gasteiger partial charge on any atom is 0.0465 e. The summed E-state index contributed by atoms with van der Waals surface area (Å²) < 4.78 is 0. The number of fused-ring (bicyclic) bond motifs is 7. The fraction of sp³-hybridized carbons (Fsp3) is 0.143. The van der Waals surface area contributed by atoms with Crippen molar-refractivity contribution < 1.29 is 0 Å². The summed E-state index contributed by atoms with van der Waals surface area (Å²) in [5.74, 6) is 0. The van der Waals surface area contributed by atoms with E-state index >= 15 is 0 Å². The maximum atomic E-state index is 2.55. The number of para-hydroxylation sites is 2. The molecule has 0 aliphatic heterocycles. The Hall–Kier alpha value is -6.64. The zero-order valence-electron chi connectivity index (χ0n) is 33.2. The van der Waals surface area contributed by atoms with E-state index in [-0.39, 0.29) is 10.8 Å². The molecule has 0 N–H and O–H groups in total. The summed E-state index contributed by atoms with van der Waals surface area (Å²) in [6.07, 6.45) is 4.46. The van der Waals surface area contributed by atoms with E-state index in [0.29, 0.717) is 0 Å². The predicted molar refractivity (Wildman–Crippen MR) is 243 cm³/mol. The third kappa shape index (κ3) is 5.46. The molecule has 11 rings (SSSR count). The van der Waals surface area contributed by atoms with Crippen molar-refractivity contribution in [3.05, 3.63) is 228 Å². The van der Waals surface area contributed by atoms with Gasteiger partial charge in [-0.15, -0.1) is 0 Å². The zero-order valence-corrected chi connectivity index (χ0v) is 33.2. The van der Waals surface area contributed by atoms with Crippen molar-refractivity contribution >= 4 is 34.1 Å². The molecule has 0 fully saturated rings. The lowest BCUT2D eigenvalue weighted by Gasteiger charge is -2.32. The van der Waals surface area contributed by atoms with E-state index in [1.165, 1.54) is 84.1 Å².